The van der Waals surface area contributed by atoms with Crippen molar-refractivity contribution in [2.24, 2.45) is 0 Å². The lowest BCUT2D eigenvalue weighted by Crippen LogP contribution is -2.04. The van der Waals surface area contributed by atoms with Crippen LogP contribution in [0.15, 0.2) is 174 Å². The number of hydrogen-bond acceptors (Lipinski definition) is 4. The van der Waals surface area contributed by atoms with E-state index in [2.05, 4.69) is 4.98 Å². The first-order valence-electron chi connectivity index (χ1n) is 21.3. The van der Waals surface area contributed by atoms with Crippen LogP contribution in [0.4, 0.5) is 0 Å². The van der Waals surface area contributed by atoms with Gasteiger partial charge in [-0.25, -0.2) is 15.0 Å². The van der Waals surface area contributed by atoms with E-state index in [1.54, 1.807) is 41.0 Å². The fraction of sp³-hybridized carbons (Fsp3) is 0. The first-order valence-corrected chi connectivity index (χ1v) is 15.8. The van der Waals surface area contributed by atoms with Crippen molar-refractivity contribution in [2.45, 2.75) is 0 Å². The van der Waals surface area contributed by atoms with E-state index in [0.29, 0.717) is 27.9 Å². The molecule has 5 nitrogen and oxygen atoms in total. The predicted molar refractivity (Wildman–Crippen MR) is 203 cm³/mol. The first kappa shape index (κ1) is 19.2. The topological polar surface area (TPSA) is 56.7 Å². The van der Waals surface area contributed by atoms with Crippen LogP contribution in [0.2, 0.25) is 0 Å². The lowest BCUT2D eigenvalue weighted by atomic mass is 9.98. The van der Waals surface area contributed by atoms with Crippen molar-refractivity contribution in [1.82, 2.24) is 19.5 Å². The summed E-state index contributed by atoms with van der Waals surface area (Å²) in [6, 6.07) is 26.0. The predicted octanol–water partition coefficient (Wildman–Crippen LogP) is 11.5. The molecule has 0 aliphatic carbocycles. The number of hydrogen-bond donors (Lipinski definition) is 0. The Morgan fingerprint density at radius 3 is 1.92 bits per heavy atom. The van der Waals surface area contributed by atoms with Crippen LogP contribution in [0.1, 0.15) is 15.1 Å². The van der Waals surface area contributed by atoms with Crippen molar-refractivity contribution in [3.8, 4) is 51.0 Å². The van der Waals surface area contributed by atoms with E-state index < -0.39 is 30.2 Å². The maximum Gasteiger partial charge on any atom is 0.166 e. The number of fused-ring (bicyclic) bond motifs is 6. The number of aromatic nitrogens is 4. The van der Waals surface area contributed by atoms with Gasteiger partial charge in [-0.15, -0.1) is 0 Å². The Kier molecular flexibility index (Phi) is 4.38. The van der Waals surface area contributed by atoms with E-state index in [1.165, 1.54) is 12.1 Å². The summed E-state index contributed by atoms with van der Waals surface area (Å²) < 4.78 is 104. The van der Waals surface area contributed by atoms with E-state index in [9.17, 15) is 2.74 Å². The summed E-state index contributed by atoms with van der Waals surface area (Å²) in [7, 11) is 0. The number of furan rings is 1. The molecule has 0 N–H and O–H groups in total. The van der Waals surface area contributed by atoms with Gasteiger partial charge >= 0.3 is 0 Å². The van der Waals surface area contributed by atoms with Crippen LogP contribution in [0, 0.1) is 0 Å². The number of benzene rings is 7. The maximum absolute atomic E-state index is 9.17. The summed E-state index contributed by atoms with van der Waals surface area (Å²) in [5.74, 6) is -0.100. The highest BCUT2D eigenvalue weighted by Gasteiger charge is 2.21. The van der Waals surface area contributed by atoms with Crippen LogP contribution < -0.4 is 0 Å². The second-order valence-corrected chi connectivity index (χ2v) is 11.6. The number of nitrogens with zero attached hydrogens (tertiary/aromatic N) is 4. The Morgan fingerprint density at radius 1 is 0.460 bits per heavy atom. The SMILES string of the molecule is [2H]c1cc([2H])c2c(c1[2H])c1c([2H])c([2H])cc([2H])c1n2-c1ccc(-c2cccc3c2oc2ccccc23)cc1-c1nc(-c2ccccc2)nc(-c2c([2H])c([2H])c([2H])c([2H])c2[2H])n1. The molecule has 3 heterocycles. The molecule has 10 rings (SSSR count). The van der Waals surface area contributed by atoms with Gasteiger partial charge in [-0.05, 0) is 35.8 Å². The highest BCUT2D eigenvalue weighted by molar-refractivity contribution is 6.11. The van der Waals surface area contributed by atoms with Gasteiger partial charge in [0.1, 0.15) is 11.2 Å². The molecule has 0 amide bonds. The van der Waals surface area contributed by atoms with E-state index in [4.69, 9.17) is 26.7 Å². The van der Waals surface area contributed by atoms with Crippen molar-refractivity contribution >= 4 is 43.7 Å². The van der Waals surface area contributed by atoms with Crippen LogP contribution in [-0.2, 0) is 0 Å². The third kappa shape index (κ3) is 4.52. The van der Waals surface area contributed by atoms with E-state index in [1.807, 2.05) is 54.6 Å². The quantitative estimate of drug-likeness (QED) is 0.186. The minimum atomic E-state index is -0.580. The van der Waals surface area contributed by atoms with Gasteiger partial charge in [0.15, 0.2) is 17.5 Å². The Labute approximate surface area is 303 Å². The summed E-state index contributed by atoms with van der Waals surface area (Å²) >= 11 is 0. The smallest absolute Gasteiger partial charge is 0.166 e. The summed E-state index contributed by atoms with van der Waals surface area (Å²) in [6.45, 7) is 0. The molecule has 0 aliphatic rings. The van der Waals surface area contributed by atoms with Gasteiger partial charge in [0.25, 0.3) is 0 Å². The molecule has 7 aromatic carbocycles. The molecule has 0 bridgehead atoms. The second kappa shape index (κ2) is 11.4. The Hall–Kier alpha value is -6.85. The van der Waals surface area contributed by atoms with Crippen molar-refractivity contribution < 1.29 is 19.5 Å². The average Bonchev–Trinajstić information content (AvgIpc) is 3.84. The summed E-state index contributed by atoms with van der Waals surface area (Å²) in [5.41, 5.74) is 3.70. The van der Waals surface area contributed by atoms with Crippen molar-refractivity contribution in [3.05, 3.63) is 170 Å². The minimum absolute atomic E-state index is 0.0104. The van der Waals surface area contributed by atoms with Gasteiger partial charge in [-0.3, -0.25) is 0 Å². The molecular weight excluding hydrogens is 613 g/mol. The lowest BCUT2D eigenvalue weighted by molar-refractivity contribution is 0.670. The third-order valence-electron chi connectivity index (χ3n) is 8.71. The Morgan fingerprint density at radius 2 is 1.14 bits per heavy atom. The van der Waals surface area contributed by atoms with Crippen LogP contribution >= 0.6 is 0 Å². The summed E-state index contributed by atoms with van der Waals surface area (Å²) in [4.78, 5) is 14.5. The Bertz CT molecular complexity index is 3410. The number of rotatable bonds is 5. The van der Waals surface area contributed by atoms with E-state index in [-0.39, 0.29) is 92.3 Å². The molecule has 0 spiro atoms. The standard InChI is InChI=1S/C45H28N4O/c1-3-14-29(15-4-1)43-46-44(30-16-5-2-6-17-30)48-45(47-43)37-28-31(32-21-13-22-36-35-20-9-12-25-41(35)50-42(32)36)26-27-40(37)49-38-23-10-7-18-33(38)34-19-8-11-24-39(34)49/h1-28H/i1D,3D,4D,7D,8D,14D,15D,18D,19D,23D,24D. The van der Waals surface area contributed by atoms with Crippen LogP contribution in [0.3, 0.4) is 0 Å². The van der Waals surface area contributed by atoms with Gasteiger partial charge in [0, 0.05) is 43.8 Å². The first-order chi connectivity index (χ1) is 29.3. The normalized spacial score (nSPS) is 14.7. The molecule has 234 valence electrons. The lowest BCUT2D eigenvalue weighted by Gasteiger charge is -2.16. The van der Waals surface area contributed by atoms with Crippen molar-refractivity contribution in [3.63, 3.8) is 0 Å². The van der Waals surface area contributed by atoms with Gasteiger partial charge in [-0.2, -0.15) is 0 Å². The molecule has 5 heteroatoms. The number of para-hydroxylation sites is 4. The maximum atomic E-state index is 9.17. The van der Waals surface area contributed by atoms with Crippen LogP contribution in [0.25, 0.3) is 94.7 Å². The fourth-order valence-corrected chi connectivity index (χ4v) is 6.49. The van der Waals surface area contributed by atoms with Crippen LogP contribution in [-0.4, -0.2) is 19.5 Å². The third-order valence-corrected chi connectivity index (χ3v) is 8.71. The zero-order valence-electron chi connectivity index (χ0n) is 37.0. The van der Waals surface area contributed by atoms with E-state index in [0.717, 1.165) is 10.8 Å². The molecule has 0 fully saturated rings. The largest absolute Gasteiger partial charge is 0.455 e. The highest BCUT2D eigenvalue weighted by atomic mass is 16.3. The van der Waals surface area contributed by atoms with Gasteiger partial charge < -0.3 is 8.98 Å². The fourth-order valence-electron chi connectivity index (χ4n) is 6.49. The van der Waals surface area contributed by atoms with Crippen molar-refractivity contribution in [2.75, 3.05) is 0 Å². The van der Waals surface area contributed by atoms with Gasteiger partial charge in [0.05, 0.1) is 31.8 Å². The molecule has 3 aromatic heterocycles. The molecule has 0 atom stereocenters. The molecule has 50 heavy (non-hydrogen) atoms. The van der Waals surface area contributed by atoms with Crippen molar-refractivity contribution in [1.29, 1.82) is 0 Å². The zero-order valence-corrected chi connectivity index (χ0v) is 26.0. The van der Waals surface area contributed by atoms with Crippen LogP contribution in [0.5, 0.6) is 0 Å². The monoisotopic (exact) mass is 651 g/mol. The molecule has 0 unspecified atom stereocenters. The average molecular weight is 652 g/mol. The highest BCUT2D eigenvalue weighted by Crippen LogP contribution is 2.41. The summed E-state index contributed by atoms with van der Waals surface area (Å²) in [5, 5.41) is 1.91. The molecular formula is C45H28N4O. The zero-order chi connectivity index (χ0) is 42.6. The van der Waals surface area contributed by atoms with E-state index >= 15 is 0 Å². The molecule has 0 saturated heterocycles. The van der Waals surface area contributed by atoms with Gasteiger partial charge in [-0.1, -0.05) is 139 Å². The molecule has 0 aliphatic heterocycles. The molecule has 10 aromatic rings. The van der Waals surface area contributed by atoms with Gasteiger partial charge in [0.2, 0.25) is 0 Å². The summed E-state index contributed by atoms with van der Waals surface area (Å²) in [6.07, 6.45) is 0. The minimum Gasteiger partial charge on any atom is -0.455 e. The molecule has 0 saturated carbocycles. The Balaban J connectivity index is 1.37. The molecule has 0 radical (unpaired) electrons. The second-order valence-electron chi connectivity index (χ2n) is 11.6.